The Kier molecular flexibility index (Phi) is 7.49. The Morgan fingerprint density at radius 3 is 2.10 bits per heavy atom. The van der Waals surface area contributed by atoms with Crippen LogP contribution in [0.25, 0.3) is 66.7 Å². The van der Waals surface area contributed by atoms with Gasteiger partial charge in [0.1, 0.15) is 5.58 Å². The first-order valence-electron chi connectivity index (χ1n) is 22.1. The summed E-state index contributed by atoms with van der Waals surface area (Å²) in [4.78, 5) is 8.72. The SMILES string of the molecule is [2H]C([2H])([2H])c1c[c-]c(-c2ccc(C([2H])([2H])C(C)(C)C)cn2)cc1-c1ccccc1.[2H]C([2H])([2H])c1cnc(-c2[c-]ccc3c2oc2ccc(-c4ccccc4)cc23)cc1C([2H])([2H])[2H].[Ir]. The summed E-state index contributed by atoms with van der Waals surface area (Å²) in [6.07, 6.45) is 1.14. The van der Waals surface area contributed by atoms with Crippen molar-refractivity contribution < 1.29 is 39.6 Å². The van der Waals surface area contributed by atoms with Crippen LogP contribution in [0.15, 0.2) is 138 Å². The second-order valence-electron chi connectivity index (χ2n) is 13.2. The molecule has 52 heavy (non-hydrogen) atoms. The molecule has 0 atom stereocenters. The Hall–Kier alpha value is -5.15. The number of pyridine rings is 2. The Balaban J connectivity index is 0.000000208. The summed E-state index contributed by atoms with van der Waals surface area (Å²) < 4.78 is 93.0. The fourth-order valence-electron chi connectivity index (χ4n) is 5.89. The van der Waals surface area contributed by atoms with Crippen LogP contribution in [0.4, 0.5) is 0 Å². The first-order chi connectivity index (χ1) is 29.0. The molecule has 0 fully saturated rings. The minimum absolute atomic E-state index is 0. The van der Waals surface area contributed by atoms with E-state index >= 15 is 0 Å². The average molecular weight is 866 g/mol. The zero-order valence-corrected chi connectivity index (χ0v) is 31.2. The average Bonchev–Trinajstić information content (AvgIpc) is 3.61. The van der Waals surface area contributed by atoms with Gasteiger partial charge >= 0.3 is 0 Å². The molecule has 0 bridgehead atoms. The van der Waals surface area contributed by atoms with Crippen molar-refractivity contribution in [1.29, 1.82) is 0 Å². The van der Waals surface area contributed by atoms with E-state index in [4.69, 9.17) is 19.5 Å². The molecule has 0 unspecified atom stereocenters. The first kappa shape index (κ1) is 24.9. The van der Waals surface area contributed by atoms with Crippen LogP contribution in [0.5, 0.6) is 0 Å². The van der Waals surface area contributed by atoms with Gasteiger partial charge in [0, 0.05) is 53.0 Å². The van der Waals surface area contributed by atoms with Crippen molar-refractivity contribution in [2.75, 3.05) is 0 Å². The van der Waals surface area contributed by atoms with E-state index in [1.165, 1.54) is 12.1 Å². The van der Waals surface area contributed by atoms with E-state index in [1.807, 2.05) is 99.6 Å². The molecule has 1 radical (unpaired) electrons. The van der Waals surface area contributed by atoms with Crippen molar-refractivity contribution in [3.05, 3.63) is 168 Å². The third-order valence-electron chi connectivity index (χ3n) is 8.29. The summed E-state index contributed by atoms with van der Waals surface area (Å²) in [6.45, 7) is -1.87. The molecular weight excluding hydrogens is 813 g/mol. The molecule has 4 heteroatoms. The van der Waals surface area contributed by atoms with E-state index in [-0.39, 0.29) is 36.8 Å². The predicted molar refractivity (Wildman–Crippen MR) is 213 cm³/mol. The molecule has 0 aliphatic carbocycles. The monoisotopic (exact) mass is 866 g/mol. The van der Waals surface area contributed by atoms with Gasteiger partial charge in [0.15, 0.2) is 0 Å². The van der Waals surface area contributed by atoms with Crippen molar-refractivity contribution in [1.82, 2.24) is 9.97 Å². The topological polar surface area (TPSA) is 38.9 Å². The molecule has 5 aromatic carbocycles. The zero-order valence-electron chi connectivity index (χ0n) is 39.8. The third-order valence-corrected chi connectivity index (χ3v) is 8.29. The summed E-state index contributed by atoms with van der Waals surface area (Å²) in [5.41, 5.74) is 6.48. The smallest absolute Gasteiger partial charge is 0.120 e. The van der Waals surface area contributed by atoms with Crippen LogP contribution in [0.2, 0.25) is 0 Å². The van der Waals surface area contributed by atoms with Crippen molar-refractivity contribution in [2.45, 2.75) is 47.7 Å². The number of benzene rings is 5. The Morgan fingerprint density at radius 2 is 1.40 bits per heavy atom. The second kappa shape index (κ2) is 15.6. The maximum atomic E-state index is 8.39. The van der Waals surface area contributed by atoms with E-state index in [1.54, 1.807) is 30.5 Å². The summed E-state index contributed by atoms with van der Waals surface area (Å²) >= 11 is 0. The van der Waals surface area contributed by atoms with Gasteiger partial charge in [0.2, 0.25) is 0 Å². The summed E-state index contributed by atoms with van der Waals surface area (Å²) in [5, 5.41) is 1.76. The number of rotatable bonds is 5. The maximum absolute atomic E-state index is 8.39. The standard InChI is InChI=1S/C25H18NO.C23H24N.Ir/c1-16-13-23(26-15-17(16)2)21-10-6-9-20-22-14-19(18-7-4-3-5-8-18)11-12-24(22)27-25(20)21;1-17-10-12-20(14-21(17)19-8-6-5-7-9-19)22-13-11-18(16-24-22)15-23(2,3)4;/h3-9,11-15H,1-2H3;5-11,13-14,16H,15H2,1-4H3;/q2*-1;/i1D3,2D3;1D3,15D2;. The van der Waals surface area contributed by atoms with Crippen LogP contribution in [0, 0.1) is 38.1 Å². The number of hydrogen-bond acceptors (Lipinski definition) is 3. The summed E-state index contributed by atoms with van der Waals surface area (Å²) in [6, 6.07) is 43.2. The number of hydrogen-bond donors (Lipinski definition) is 0. The molecule has 8 rings (SSSR count). The molecule has 0 aliphatic heterocycles. The second-order valence-corrected chi connectivity index (χ2v) is 13.2. The zero-order chi connectivity index (χ0) is 44.8. The van der Waals surface area contributed by atoms with Crippen molar-refractivity contribution >= 4 is 21.9 Å². The van der Waals surface area contributed by atoms with Gasteiger partial charge < -0.3 is 14.4 Å². The third kappa shape index (κ3) is 8.15. The maximum Gasteiger partial charge on any atom is 0.120 e. The molecule has 0 saturated heterocycles. The largest absolute Gasteiger partial charge is 0.501 e. The van der Waals surface area contributed by atoms with Gasteiger partial charge in [-0.15, -0.1) is 47.5 Å². The van der Waals surface area contributed by atoms with Gasteiger partial charge in [-0.1, -0.05) is 135 Å². The molecule has 261 valence electrons. The number of aryl methyl sites for hydroxylation is 3. The Bertz CT molecular complexity index is 2860. The molecular formula is C48H42IrN2O-2. The van der Waals surface area contributed by atoms with Gasteiger partial charge in [-0.2, -0.15) is 0 Å². The van der Waals surface area contributed by atoms with Gasteiger partial charge in [-0.05, 0) is 76.8 Å². The van der Waals surface area contributed by atoms with Gasteiger partial charge in [0.25, 0.3) is 0 Å². The number of furan rings is 1. The van der Waals surface area contributed by atoms with Crippen LogP contribution in [0.3, 0.4) is 0 Å². The molecule has 3 aromatic heterocycles. The molecule has 8 aromatic rings. The van der Waals surface area contributed by atoms with E-state index < -0.39 is 32.3 Å². The molecule has 0 saturated carbocycles. The number of fused-ring (bicyclic) bond motifs is 3. The fraction of sp³-hybridized carbons (Fsp3) is 0.167. The van der Waals surface area contributed by atoms with Gasteiger partial charge in [-0.3, -0.25) is 0 Å². The number of nitrogens with zero attached hydrogens (tertiary/aromatic N) is 2. The van der Waals surface area contributed by atoms with Crippen LogP contribution < -0.4 is 0 Å². The molecule has 3 heterocycles. The minimum Gasteiger partial charge on any atom is -0.501 e. The molecule has 0 aliphatic rings. The normalized spacial score (nSPS) is 15.3. The van der Waals surface area contributed by atoms with Crippen molar-refractivity contribution in [3.8, 4) is 44.8 Å². The Morgan fingerprint density at radius 1 is 0.673 bits per heavy atom. The van der Waals surface area contributed by atoms with Crippen LogP contribution in [-0.2, 0) is 26.5 Å². The molecule has 0 spiro atoms. The quantitative estimate of drug-likeness (QED) is 0.162. The van der Waals surface area contributed by atoms with Crippen LogP contribution in [0.1, 0.15) is 58.1 Å². The van der Waals surface area contributed by atoms with E-state index in [0.717, 1.165) is 33.7 Å². The van der Waals surface area contributed by atoms with E-state index in [9.17, 15) is 0 Å². The summed E-state index contributed by atoms with van der Waals surface area (Å²) in [5.74, 6) is 0. The Labute approximate surface area is 336 Å². The van der Waals surface area contributed by atoms with Crippen molar-refractivity contribution in [3.63, 3.8) is 0 Å². The molecule has 3 nitrogen and oxygen atoms in total. The van der Waals surface area contributed by atoms with Gasteiger partial charge in [-0.25, -0.2) is 0 Å². The van der Waals surface area contributed by atoms with Crippen LogP contribution in [-0.4, -0.2) is 9.97 Å². The van der Waals surface area contributed by atoms with E-state index in [2.05, 4.69) is 28.2 Å². The molecule has 0 N–H and O–H groups in total. The van der Waals surface area contributed by atoms with Gasteiger partial charge in [0.05, 0.1) is 5.58 Å². The van der Waals surface area contributed by atoms with E-state index in [0.29, 0.717) is 44.8 Å². The van der Waals surface area contributed by atoms with Crippen LogP contribution >= 0.6 is 0 Å². The number of aromatic nitrogens is 2. The molecule has 0 amide bonds. The van der Waals surface area contributed by atoms with Crippen molar-refractivity contribution in [2.24, 2.45) is 5.41 Å². The first-order valence-corrected chi connectivity index (χ1v) is 16.6. The fourth-order valence-corrected chi connectivity index (χ4v) is 5.89. The minimum atomic E-state index is -2.60. The predicted octanol–water partition coefficient (Wildman–Crippen LogP) is 12.8. The summed E-state index contributed by atoms with van der Waals surface area (Å²) in [7, 11) is 0.